The molecule has 0 radical (unpaired) electrons. The molecule has 1 aromatic rings. The zero-order valence-corrected chi connectivity index (χ0v) is 12.0. The molecule has 1 aromatic carbocycles. The Hall–Kier alpha value is -1.65. The Bertz CT molecular complexity index is 506. The molecule has 1 fully saturated rings. The lowest BCUT2D eigenvalue weighted by atomic mass is 9.87. The van der Waals surface area contributed by atoms with Crippen LogP contribution in [0.2, 0.25) is 0 Å². The van der Waals surface area contributed by atoms with Crippen molar-refractivity contribution >= 4 is 11.6 Å². The molecule has 3 nitrogen and oxygen atoms in total. The van der Waals surface area contributed by atoms with Gasteiger partial charge in [0.25, 0.3) is 5.91 Å². The Morgan fingerprint density at radius 3 is 2.35 bits per heavy atom. The van der Waals surface area contributed by atoms with Crippen molar-refractivity contribution in [1.29, 1.82) is 0 Å². The van der Waals surface area contributed by atoms with E-state index in [1.165, 1.54) is 7.05 Å². The summed E-state index contributed by atoms with van der Waals surface area (Å²) in [4.78, 5) is 12.1. The van der Waals surface area contributed by atoms with E-state index in [-0.39, 0.29) is 22.7 Å². The third-order valence-corrected chi connectivity index (χ3v) is 4.12. The molecule has 1 amide bonds. The van der Waals surface area contributed by atoms with Crippen LogP contribution >= 0.6 is 0 Å². The standard InChI is InChI=1S/C15H20F2N2O/c1-15(2)6-4-5-12(15)19-14(20)9-7-10(16)13(18-3)11(17)8-9/h7-8,12,18H,4-6H2,1-3H3,(H,19,20). The van der Waals surface area contributed by atoms with Gasteiger partial charge in [-0.25, -0.2) is 8.78 Å². The zero-order valence-electron chi connectivity index (χ0n) is 12.0. The summed E-state index contributed by atoms with van der Waals surface area (Å²) in [6, 6.07) is 2.17. The average Bonchev–Trinajstić information content (AvgIpc) is 2.68. The van der Waals surface area contributed by atoms with Crippen LogP contribution in [0.25, 0.3) is 0 Å². The van der Waals surface area contributed by atoms with Crippen molar-refractivity contribution in [3.05, 3.63) is 29.3 Å². The lowest BCUT2D eigenvalue weighted by Gasteiger charge is -2.27. The summed E-state index contributed by atoms with van der Waals surface area (Å²) in [5.74, 6) is -1.95. The van der Waals surface area contributed by atoms with E-state index in [0.717, 1.165) is 31.4 Å². The number of benzene rings is 1. The highest BCUT2D eigenvalue weighted by Gasteiger charge is 2.35. The summed E-state index contributed by atoms with van der Waals surface area (Å²) in [6.07, 6.45) is 3.00. The summed E-state index contributed by atoms with van der Waals surface area (Å²) >= 11 is 0. The van der Waals surface area contributed by atoms with E-state index >= 15 is 0 Å². The Balaban J connectivity index is 2.18. The topological polar surface area (TPSA) is 41.1 Å². The molecule has 110 valence electrons. The van der Waals surface area contributed by atoms with Crippen LogP contribution in [-0.2, 0) is 0 Å². The quantitative estimate of drug-likeness (QED) is 0.893. The largest absolute Gasteiger partial charge is 0.383 e. The molecular formula is C15H20F2N2O. The minimum Gasteiger partial charge on any atom is -0.383 e. The van der Waals surface area contributed by atoms with E-state index in [9.17, 15) is 13.6 Å². The van der Waals surface area contributed by atoms with E-state index in [2.05, 4.69) is 24.5 Å². The van der Waals surface area contributed by atoms with Gasteiger partial charge in [-0.2, -0.15) is 0 Å². The second-order valence-corrected chi connectivity index (χ2v) is 5.97. The van der Waals surface area contributed by atoms with E-state index in [0.29, 0.717) is 0 Å². The van der Waals surface area contributed by atoms with Crippen LogP contribution in [-0.4, -0.2) is 19.0 Å². The van der Waals surface area contributed by atoms with Crippen LogP contribution < -0.4 is 10.6 Å². The average molecular weight is 282 g/mol. The van der Waals surface area contributed by atoms with Gasteiger partial charge >= 0.3 is 0 Å². The molecule has 20 heavy (non-hydrogen) atoms. The van der Waals surface area contributed by atoms with E-state index in [1.807, 2.05) is 0 Å². The van der Waals surface area contributed by atoms with Gasteiger partial charge in [-0.1, -0.05) is 20.3 Å². The summed E-state index contributed by atoms with van der Waals surface area (Å²) in [7, 11) is 1.43. The van der Waals surface area contributed by atoms with E-state index in [4.69, 9.17) is 0 Å². The summed E-state index contributed by atoms with van der Waals surface area (Å²) in [5.41, 5.74) is -0.179. The normalized spacial score (nSPS) is 20.8. The molecule has 1 aliphatic carbocycles. The Morgan fingerprint density at radius 1 is 1.30 bits per heavy atom. The van der Waals surface area contributed by atoms with Gasteiger partial charge in [-0.05, 0) is 30.4 Å². The maximum Gasteiger partial charge on any atom is 0.251 e. The maximum absolute atomic E-state index is 13.7. The van der Waals surface area contributed by atoms with Crippen LogP contribution in [0.5, 0.6) is 0 Å². The lowest BCUT2D eigenvalue weighted by molar-refractivity contribution is 0.0909. The molecule has 0 heterocycles. The molecule has 0 saturated heterocycles. The number of hydrogen-bond donors (Lipinski definition) is 2. The fourth-order valence-corrected chi connectivity index (χ4v) is 2.78. The molecule has 2 rings (SSSR count). The van der Waals surface area contributed by atoms with Crippen molar-refractivity contribution in [3.63, 3.8) is 0 Å². The third-order valence-electron chi connectivity index (χ3n) is 4.12. The van der Waals surface area contributed by atoms with Gasteiger partial charge in [0.15, 0.2) is 0 Å². The highest BCUT2D eigenvalue weighted by molar-refractivity contribution is 5.94. The van der Waals surface area contributed by atoms with Crippen LogP contribution in [0.3, 0.4) is 0 Å². The minimum absolute atomic E-state index is 0.0155. The molecule has 1 atom stereocenters. The monoisotopic (exact) mass is 282 g/mol. The summed E-state index contributed by atoms with van der Waals surface area (Å²) < 4.78 is 27.3. The summed E-state index contributed by atoms with van der Waals surface area (Å²) in [6.45, 7) is 4.19. The molecule has 0 aliphatic heterocycles. The molecule has 0 aromatic heterocycles. The molecule has 1 unspecified atom stereocenters. The SMILES string of the molecule is CNc1c(F)cc(C(=O)NC2CCCC2(C)C)cc1F. The van der Waals surface area contributed by atoms with Crippen molar-refractivity contribution in [2.24, 2.45) is 5.41 Å². The fraction of sp³-hybridized carbons (Fsp3) is 0.533. The Kier molecular flexibility index (Phi) is 3.97. The van der Waals surface area contributed by atoms with Crippen LogP contribution in [0.4, 0.5) is 14.5 Å². The molecule has 0 spiro atoms. The second-order valence-electron chi connectivity index (χ2n) is 5.97. The molecule has 2 N–H and O–H groups in total. The van der Waals surface area contributed by atoms with Gasteiger partial charge in [0.2, 0.25) is 0 Å². The number of anilines is 1. The van der Waals surface area contributed by atoms with E-state index in [1.54, 1.807) is 0 Å². The Labute approximate surface area is 117 Å². The first-order valence-corrected chi connectivity index (χ1v) is 6.83. The van der Waals surface area contributed by atoms with Gasteiger partial charge in [-0.15, -0.1) is 0 Å². The van der Waals surface area contributed by atoms with Gasteiger partial charge in [0.05, 0.1) is 0 Å². The Morgan fingerprint density at radius 2 is 1.90 bits per heavy atom. The van der Waals surface area contributed by atoms with Crippen molar-refractivity contribution < 1.29 is 13.6 Å². The first-order valence-electron chi connectivity index (χ1n) is 6.83. The van der Waals surface area contributed by atoms with Gasteiger partial charge in [-0.3, -0.25) is 4.79 Å². The lowest BCUT2D eigenvalue weighted by Crippen LogP contribution is -2.41. The van der Waals surface area contributed by atoms with Gasteiger partial charge in [0, 0.05) is 18.7 Å². The molecular weight excluding hydrogens is 262 g/mol. The number of hydrogen-bond acceptors (Lipinski definition) is 2. The molecule has 5 heteroatoms. The highest BCUT2D eigenvalue weighted by Crippen LogP contribution is 2.37. The highest BCUT2D eigenvalue weighted by atomic mass is 19.1. The fourth-order valence-electron chi connectivity index (χ4n) is 2.78. The predicted octanol–water partition coefficient (Wildman–Crippen LogP) is 3.32. The number of halogens is 2. The van der Waals surface area contributed by atoms with Gasteiger partial charge in [0.1, 0.15) is 17.3 Å². The van der Waals surface area contributed by atoms with Crippen molar-refractivity contribution in [2.75, 3.05) is 12.4 Å². The van der Waals surface area contributed by atoms with Crippen LogP contribution in [0, 0.1) is 17.0 Å². The first kappa shape index (κ1) is 14.8. The van der Waals surface area contributed by atoms with Crippen LogP contribution in [0.1, 0.15) is 43.5 Å². The predicted molar refractivity (Wildman–Crippen MR) is 74.8 cm³/mol. The van der Waals surface area contributed by atoms with E-state index < -0.39 is 17.5 Å². The number of carbonyl (C=O) groups excluding carboxylic acids is 1. The zero-order chi connectivity index (χ0) is 14.9. The second kappa shape index (κ2) is 5.38. The number of amides is 1. The third kappa shape index (κ3) is 2.76. The molecule has 1 saturated carbocycles. The minimum atomic E-state index is -0.761. The molecule has 1 aliphatic rings. The molecule has 0 bridgehead atoms. The van der Waals surface area contributed by atoms with Crippen molar-refractivity contribution in [1.82, 2.24) is 5.32 Å². The maximum atomic E-state index is 13.7. The van der Waals surface area contributed by atoms with Crippen molar-refractivity contribution in [2.45, 2.75) is 39.2 Å². The first-order chi connectivity index (χ1) is 9.35. The number of nitrogens with one attached hydrogen (secondary N) is 2. The number of carbonyl (C=O) groups is 1. The van der Waals surface area contributed by atoms with Gasteiger partial charge < -0.3 is 10.6 Å². The number of rotatable bonds is 3. The van der Waals surface area contributed by atoms with Crippen LogP contribution in [0.15, 0.2) is 12.1 Å². The summed E-state index contributed by atoms with van der Waals surface area (Å²) in [5, 5.41) is 5.32. The van der Waals surface area contributed by atoms with Crippen molar-refractivity contribution in [3.8, 4) is 0 Å². The smallest absolute Gasteiger partial charge is 0.251 e.